The molecule has 0 aliphatic carbocycles. The molecule has 0 bridgehead atoms. The molecule has 0 atom stereocenters. The molecule has 10 heteroatoms. The summed E-state index contributed by atoms with van der Waals surface area (Å²) >= 11 is 0. The van der Waals surface area contributed by atoms with Gasteiger partial charge in [-0.1, -0.05) is 12.5 Å². The standard InChI is InChI=1S/C13H11N3O.C12H11N4O.Ir/c1-2-6-15(5-1)10-13-8-12(11-17-13)9-16-7-3-4-14-16;1-3-13-15(5-1)8-11-7-12(17-10-11)9-16-6-2-4-14-16;/h1-5,7,11H,9-10H2;1-6,10H,8-9H2;/q-2;-1;+3. The van der Waals surface area contributed by atoms with Gasteiger partial charge in [-0.15, -0.1) is 12.4 Å². The van der Waals surface area contributed by atoms with E-state index in [0.29, 0.717) is 26.2 Å². The van der Waals surface area contributed by atoms with Crippen molar-refractivity contribution in [1.82, 2.24) is 33.9 Å². The molecule has 0 saturated heterocycles. The normalized spacial score (nSPS) is 10.5. The van der Waals surface area contributed by atoms with E-state index in [0.717, 1.165) is 22.6 Å². The fourth-order valence-corrected chi connectivity index (χ4v) is 3.33. The summed E-state index contributed by atoms with van der Waals surface area (Å²) in [4.78, 5) is 0. The molecule has 6 aromatic rings. The number of rotatable bonds is 8. The van der Waals surface area contributed by atoms with Crippen LogP contribution >= 0.6 is 0 Å². The number of hydrogen-bond donors (Lipinski definition) is 0. The largest absolute Gasteiger partial charge is 3.00 e. The molecule has 178 valence electrons. The minimum atomic E-state index is 0. The Morgan fingerprint density at radius 1 is 0.629 bits per heavy atom. The Balaban J connectivity index is 0.000000160. The van der Waals surface area contributed by atoms with Gasteiger partial charge in [0.25, 0.3) is 0 Å². The first-order valence-corrected chi connectivity index (χ1v) is 10.7. The van der Waals surface area contributed by atoms with Gasteiger partial charge in [0.05, 0.1) is 6.54 Å². The molecule has 0 saturated carbocycles. The third kappa shape index (κ3) is 7.05. The van der Waals surface area contributed by atoms with Crippen molar-refractivity contribution in [2.75, 3.05) is 0 Å². The maximum absolute atomic E-state index is 5.45. The predicted octanol–water partition coefficient (Wildman–Crippen LogP) is 3.54. The van der Waals surface area contributed by atoms with E-state index in [9.17, 15) is 0 Å². The van der Waals surface area contributed by atoms with Crippen molar-refractivity contribution < 1.29 is 28.9 Å². The minimum absolute atomic E-state index is 0. The first kappa shape index (κ1) is 24.3. The van der Waals surface area contributed by atoms with Crippen LogP contribution in [0.3, 0.4) is 0 Å². The second kappa shape index (κ2) is 12.0. The van der Waals surface area contributed by atoms with E-state index in [1.807, 2.05) is 69.0 Å². The molecule has 6 heterocycles. The number of nitrogens with zero attached hydrogens (tertiary/aromatic N) is 7. The quantitative estimate of drug-likeness (QED) is 0.237. The zero-order valence-corrected chi connectivity index (χ0v) is 21.1. The first-order chi connectivity index (χ1) is 16.8. The Bertz CT molecular complexity index is 1140. The van der Waals surface area contributed by atoms with Crippen LogP contribution < -0.4 is 0 Å². The molecule has 0 amide bonds. The van der Waals surface area contributed by atoms with Crippen LogP contribution in [-0.4, -0.2) is 33.9 Å². The maximum Gasteiger partial charge on any atom is 3.00 e. The van der Waals surface area contributed by atoms with Gasteiger partial charge >= 0.3 is 20.1 Å². The molecular weight excluding hydrogens is 623 g/mol. The van der Waals surface area contributed by atoms with Gasteiger partial charge in [-0.3, -0.25) is 14.0 Å². The average Bonchev–Trinajstić information content (AvgIpc) is 3.66. The van der Waals surface area contributed by atoms with Crippen molar-refractivity contribution in [1.29, 1.82) is 0 Å². The predicted molar refractivity (Wildman–Crippen MR) is 121 cm³/mol. The van der Waals surface area contributed by atoms with E-state index >= 15 is 0 Å². The van der Waals surface area contributed by atoms with Crippen LogP contribution in [0.25, 0.3) is 0 Å². The van der Waals surface area contributed by atoms with Crippen LogP contribution in [0.5, 0.6) is 0 Å². The van der Waals surface area contributed by atoms with Crippen molar-refractivity contribution in [3.05, 3.63) is 127 Å². The second-order valence-electron chi connectivity index (χ2n) is 7.49. The third-order valence-corrected chi connectivity index (χ3v) is 4.85. The average molecular weight is 645 g/mol. The van der Waals surface area contributed by atoms with Gasteiger partial charge in [0.15, 0.2) is 0 Å². The molecule has 6 rings (SSSR count). The Labute approximate surface area is 215 Å². The zero-order valence-electron chi connectivity index (χ0n) is 18.7. The number of aromatic nitrogens is 7. The van der Waals surface area contributed by atoms with Gasteiger partial charge in [0.2, 0.25) is 0 Å². The summed E-state index contributed by atoms with van der Waals surface area (Å²) in [6.45, 7) is 2.62. The Morgan fingerprint density at radius 2 is 1.14 bits per heavy atom. The molecule has 0 aromatic carbocycles. The van der Waals surface area contributed by atoms with Gasteiger partial charge in [-0.05, 0) is 18.2 Å². The monoisotopic (exact) mass is 645 g/mol. The second-order valence-corrected chi connectivity index (χ2v) is 7.49. The topological polar surface area (TPSA) is 84.7 Å². The van der Waals surface area contributed by atoms with Crippen LogP contribution in [0.15, 0.2) is 95.1 Å². The van der Waals surface area contributed by atoms with E-state index in [-0.39, 0.29) is 20.1 Å². The summed E-state index contributed by atoms with van der Waals surface area (Å²) in [5.41, 5.74) is 1.98. The van der Waals surface area contributed by atoms with Gasteiger partial charge in [0.1, 0.15) is 0 Å². The fraction of sp³-hybridized carbons (Fsp3) is 0.160. The van der Waals surface area contributed by atoms with Crippen LogP contribution in [0.4, 0.5) is 0 Å². The van der Waals surface area contributed by atoms with Crippen molar-refractivity contribution in [2.24, 2.45) is 0 Å². The summed E-state index contributed by atoms with van der Waals surface area (Å²) in [5.74, 6) is 1.58. The summed E-state index contributed by atoms with van der Waals surface area (Å²) in [6.07, 6.45) is 19.4. The molecule has 0 radical (unpaired) electrons. The third-order valence-electron chi connectivity index (χ3n) is 4.85. The van der Waals surface area contributed by atoms with Crippen LogP contribution in [0, 0.1) is 18.3 Å². The van der Waals surface area contributed by atoms with Gasteiger partial charge in [0, 0.05) is 68.3 Å². The molecule has 0 aliphatic heterocycles. The van der Waals surface area contributed by atoms with E-state index < -0.39 is 0 Å². The van der Waals surface area contributed by atoms with Crippen molar-refractivity contribution in [2.45, 2.75) is 26.2 Å². The van der Waals surface area contributed by atoms with Gasteiger partial charge in [-0.2, -0.15) is 38.6 Å². The summed E-state index contributed by atoms with van der Waals surface area (Å²) < 4.78 is 18.3. The van der Waals surface area contributed by atoms with Crippen LogP contribution in [-0.2, 0) is 46.3 Å². The zero-order chi connectivity index (χ0) is 23.0. The first-order valence-electron chi connectivity index (χ1n) is 10.7. The van der Waals surface area contributed by atoms with Crippen molar-refractivity contribution in [3.8, 4) is 0 Å². The van der Waals surface area contributed by atoms with E-state index in [4.69, 9.17) is 8.83 Å². The summed E-state index contributed by atoms with van der Waals surface area (Å²) in [6, 6.07) is 15.9. The number of furan rings is 2. The Kier molecular flexibility index (Phi) is 8.32. The van der Waals surface area contributed by atoms with E-state index in [1.54, 1.807) is 35.8 Å². The van der Waals surface area contributed by atoms with Crippen LogP contribution in [0.2, 0.25) is 0 Å². The maximum atomic E-state index is 5.45. The smallest absolute Gasteiger partial charge is 0.571 e. The molecule has 9 nitrogen and oxygen atoms in total. The summed E-state index contributed by atoms with van der Waals surface area (Å²) in [5, 5.41) is 12.4. The molecule has 0 unspecified atom stereocenters. The van der Waals surface area contributed by atoms with E-state index in [2.05, 4.69) is 33.6 Å². The molecule has 0 N–H and O–H groups in total. The van der Waals surface area contributed by atoms with Crippen molar-refractivity contribution >= 4 is 0 Å². The van der Waals surface area contributed by atoms with Crippen molar-refractivity contribution in [3.63, 3.8) is 0 Å². The molecule has 0 fully saturated rings. The molecule has 0 aliphatic rings. The van der Waals surface area contributed by atoms with Gasteiger partial charge in [-0.25, -0.2) is 12.1 Å². The molecule has 6 aromatic heterocycles. The SMILES string of the molecule is [Ir+3].[c-]1c(Cn2cccn2)coc1Cn1[c-]ccc1.[c-]1c(Cn2cccn2)coc1Cn1cccn1. The molecule has 0 spiro atoms. The Hall–Kier alpha value is -3.88. The summed E-state index contributed by atoms with van der Waals surface area (Å²) in [7, 11) is 0. The fourth-order valence-electron chi connectivity index (χ4n) is 3.33. The number of hydrogen-bond acceptors (Lipinski definition) is 5. The molecule has 35 heavy (non-hydrogen) atoms. The van der Waals surface area contributed by atoms with E-state index in [1.165, 1.54) is 0 Å². The Morgan fingerprint density at radius 3 is 1.60 bits per heavy atom. The molecular formula is C25H22IrN7O2. The minimum Gasteiger partial charge on any atom is -0.571 e. The van der Waals surface area contributed by atoms with Gasteiger partial charge < -0.3 is 13.4 Å². The van der Waals surface area contributed by atoms with Crippen LogP contribution in [0.1, 0.15) is 22.6 Å².